The Labute approximate surface area is 118 Å². The Morgan fingerprint density at radius 2 is 2.05 bits per heavy atom. The maximum atomic E-state index is 10.4. The molecule has 1 aliphatic heterocycles. The van der Waals surface area contributed by atoms with E-state index in [4.69, 9.17) is 0 Å². The lowest BCUT2D eigenvalue weighted by Gasteiger charge is -2.31. The predicted molar refractivity (Wildman–Crippen MR) is 75.9 cm³/mol. The van der Waals surface area contributed by atoms with Crippen LogP contribution in [0.3, 0.4) is 0 Å². The molecule has 2 heterocycles. The zero-order chi connectivity index (χ0) is 13.9. The lowest BCUT2D eigenvalue weighted by Crippen LogP contribution is -2.37. The van der Waals surface area contributed by atoms with Gasteiger partial charge in [0.05, 0.1) is 12.6 Å². The summed E-state index contributed by atoms with van der Waals surface area (Å²) in [6.45, 7) is 5.68. The van der Waals surface area contributed by atoms with Gasteiger partial charge in [0, 0.05) is 19.6 Å². The fourth-order valence-electron chi connectivity index (χ4n) is 2.76. The van der Waals surface area contributed by atoms with Gasteiger partial charge in [0.1, 0.15) is 12.2 Å². The second-order valence-electron chi connectivity index (χ2n) is 5.51. The quantitative estimate of drug-likeness (QED) is 0.915. The highest BCUT2D eigenvalue weighted by molar-refractivity contribution is 5.17. The first kappa shape index (κ1) is 13.3. The molecule has 106 valence electrons. The summed E-state index contributed by atoms with van der Waals surface area (Å²) in [5, 5.41) is 18.5. The summed E-state index contributed by atoms with van der Waals surface area (Å²) in [6, 6.07) is 9.86. The zero-order valence-electron chi connectivity index (χ0n) is 11.7. The number of hydrogen-bond acceptors (Lipinski definition) is 4. The Balaban J connectivity index is 1.61. The molecule has 0 fully saturated rings. The van der Waals surface area contributed by atoms with E-state index in [-0.39, 0.29) is 5.92 Å². The van der Waals surface area contributed by atoms with E-state index in [9.17, 15) is 5.11 Å². The number of rotatable bonds is 4. The molecule has 0 amide bonds. The maximum Gasteiger partial charge on any atom is 0.147 e. The smallest absolute Gasteiger partial charge is 0.147 e. The van der Waals surface area contributed by atoms with Crippen LogP contribution in [0.25, 0.3) is 0 Å². The third-order valence-electron chi connectivity index (χ3n) is 3.94. The molecule has 0 radical (unpaired) electrons. The predicted octanol–water partition coefficient (Wildman–Crippen LogP) is 1.46. The topological polar surface area (TPSA) is 54.2 Å². The van der Waals surface area contributed by atoms with Gasteiger partial charge in [-0.3, -0.25) is 4.90 Å². The summed E-state index contributed by atoms with van der Waals surface area (Å²) in [4.78, 5) is 2.33. The summed E-state index contributed by atoms with van der Waals surface area (Å²) in [6.07, 6.45) is 1.37. The number of aliphatic hydroxyl groups excluding tert-OH is 1. The average Bonchev–Trinajstić information content (AvgIpc) is 2.95. The highest BCUT2D eigenvalue weighted by atomic mass is 16.3. The van der Waals surface area contributed by atoms with Crippen molar-refractivity contribution < 1.29 is 5.11 Å². The van der Waals surface area contributed by atoms with E-state index < -0.39 is 6.10 Å². The normalized spacial score (nSPS) is 18.5. The average molecular weight is 272 g/mol. The molecule has 5 heteroatoms. The summed E-state index contributed by atoms with van der Waals surface area (Å²) in [5.74, 6) is 1.20. The Morgan fingerprint density at radius 3 is 2.85 bits per heavy atom. The Bertz CT molecular complexity index is 554. The molecular formula is C15H20N4O. The minimum Gasteiger partial charge on any atom is -0.388 e. The van der Waals surface area contributed by atoms with Crippen LogP contribution in [-0.2, 0) is 13.1 Å². The van der Waals surface area contributed by atoms with Gasteiger partial charge in [-0.1, -0.05) is 37.3 Å². The van der Waals surface area contributed by atoms with E-state index in [0.717, 1.165) is 37.6 Å². The minimum absolute atomic E-state index is 0.187. The van der Waals surface area contributed by atoms with Gasteiger partial charge in [-0.25, -0.2) is 0 Å². The molecule has 20 heavy (non-hydrogen) atoms. The molecule has 2 unspecified atom stereocenters. The minimum atomic E-state index is -0.420. The lowest BCUT2D eigenvalue weighted by atomic mass is 9.97. The molecule has 3 rings (SSSR count). The van der Waals surface area contributed by atoms with Crippen molar-refractivity contribution in [1.82, 2.24) is 19.7 Å². The first-order valence-corrected chi connectivity index (χ1v) is 7.06. The molecule has 2 atom stereocenters. The number of nitrogens with zero attached hydrogens (tertiary/aromatic N) is 4. The molecule has 1 aromatic heterocycles. The van der Waals surface area contributed by atoms with Crippen LogP contribution in [0.4, 0.5) is 0 Å². The molecule has 0 aliphatic carbocycles. The van der Waals surface area contributed by atoms with Gasteiger partial charge in [-0.15, -0.1) is 10.2 Å². The van der Waals surface area contributed by atoms with E-state index in [1.165, 1.54) is 0 Å². The van der Waals surface area contributed by atoms with E-state index in [0.29, 0.717) is 0 Å². The van der Waals surface area contributed by atoms with Crippen molar-refractivity contribution in [1.29, 1.82) is 0 Å². The summed E-state index contributed by atoms with van der Waals surface area (Å²) in [7, 11) is 0. The second-order valence-corrected chi connectivity index (χ2v) is 5.51. The lowest BCUT2D eigenvalue weighted by molar-refractivity contribution is 0.0788. The SMILES string of the molecule is CC(CN1CCn2cnnc2C1)C(O)c1ccccc1. The van der Waals surface area contributed by atoms with Crippen LogP contribution >= 0.6 is 0 Å². The summed E-state index contributed by atoms with van der Waals surface area (Å²) >= 11 is 0. The van der Waals surface area contributed by atoms with Crippen molar-refractivity contribution in [3.05, 3.63) is 48.0 Å². The van der Waals surface area contributed by atoms with Crippen LogP contribution in [0.2, 0.25) is 0 Å². The van der Waals surface area contributed by atoms with Crippen LogP contribution in [0.1, 0.15) is 24.4 Å². The molecule has 5 nitrogen and oxygen atoms in total. The fraction of sp³-hybridized carbons (Fsp3) is 0.467. The van der Waals surface area contributed by atoms with Gasteiger partial charge in [-0.05, 0) is 11.5 Å². The Hall–Kier alpha value is -1.72. The standard InChI is InChI=1S/C15H20N4O/c1-12(15(20)13-5-3-2-4-6-13)9-18-7-8-19-11-16-17-14(19)10-18/h2-6,11-12,15,20H,7-10H2,1H3. The van der Waals surface area contributed by atoms with Crippen molar-refractivity contribution in [2.45, 2.75) is 26.1 Å². The highest BCUT2D eigenvalue weighted by Crippen LogP contribution is 2.23. The van der Waals surface area contributed by atoms with Gasteiger partial charge in [0.25, 0.3) is 0 Å². The fourth-order valence-corrected chi connectivity index (χ4v) is 2.76. The molecule has 0 saturated carbocycles. The molecule has 1 aliphatic rings. The molecule has 0 bridgehead atoms. The molecule has 1 aromatic carbocycles. The van der Waals surface area contributed by atoms with Gasteiger partial charge in [0.15, 0.2) is 0 Å². The van der Waals surface area contributed by atoms with Crippen molar-refractivity contribution in [3.8, 4) is 0 Å². The Morgan fingerprint density at radius 1 is 1.25 bits per heavy atom. The van der Waals surface area contributed by atoms with Crippen LogP contribution in [0.15, 0.2) is 36.7 Å². The van der Waals surface area contributed by atoms with Gasteiger partial charge in [0.2, 0.25) is 0 Å². The third-order valence-corrected chi connectivity index (χ3v) is 3.94. The molecule has 2 aromatic rings. The molecule has 0 spiro atoms. The third kappa shape index (κ3) is 2.73. The van der Waals surface area contributed by atoms with Crippen molar-refractivity contribution in [2.75, 3.05) is 13.1 Å². The first-order valence-electron chi connectivity index (χ1n) is 7.06. The molecule has 1 N–H and O–H groups in total. The first-order chi connectivity index (χ1) is 9.74. The van der Waals surface area contributed by atoms with E-state index in [1.54, 1.807) is 6.33 Å². The van der Waals surface area contributed by atoms with E-state index in [1.807, 2.05) is 30.3 Å². The summed E-state index contributed by atoms with van der Waals surface area (Å²) < 4.78 is 2.09. The van der Waals surface area contributed by atoms with Crippen LogP contribution in [0.5, 0.6) is 0 Å². The molecular weight excluding hydrogens is 252 g/mol. The number of aliphatic hydroxyl groups is 1. The zero-order valence-corrected chi connectivity index (χ0v) is 11.7. The monoisotopic (exact) mass is 272 g/mol. The number of benzene rings is 1. The van der Waals surface area contributed by atoms with Crippen LogP contribution in [-0.4, -0.2) is 37.9 Å². The number of fused-ring (bicyclic) bond motifs is 1. The molecule has 0 saturated heterocycles. The van der Waals surface area contributed by atoms with Crippen molar-refractivity contribution in [2.24, 2.45) is 5.92 Å². The van der Waals surface area contributed by atoms with E-state index in [2.05, 4.69) is 26.6 Å². The van der Waals surface area contributed by atoms with Gasteiger partial charge < -0.3 is 9.67 Å². The number of aromatic nitrogens is 3. The Kier molecular flexibility index (Phi) is 3.80. The summed E-state index contributed by atoms with van der Waals surface area (Å²) in [5.41, 5.74) is 0.986. The van der Waals surface area contributed by atoms with Crippen LogP contribution in [0, 0.1) is 5.92 Å². The van der Waals surface area contributed by atoms with E-state index >= 15 is 0 Å². The van der Waals surface area contributed by atoms with Crippen LogP contribution < -0.4 is 0 Å². The number of hydrogen-bond donors (Lipinski definition) is 1. The second kappa shape index (κ2) is 5.73. The highest BCUT2D eigenvalue weighted by Gasteiger charge is 2.23. The largest absolute Gasteiger partial charge is 0.388 e. The van der Waals surface area contributed by atoms with Gasteiger partial charge in [-0.2, -0.15) is 0 Å². The van der Waals surface area contributed by atoms with Crippen molar-refractivity contribution in [3.63, 3.8) is 0 Å². The van der Waals surface area contributed by atoms with Gasteiger partial charge >= 0.3 is 0 Å². The van der Waals surface area contributed by atoms with Crippen molar-refractivity contribution >= 4 is 0 Å². The maximum absolute atomic E-state index is 10.4.